The lowest BCUT2D eigenvalue weighted by molar-refractivity contribution is 0.0941. The first-order valence-electron chi connectivity index (χ1n) is 34.2. The van der Waals surface area contributed by atoms with Crippen LogP contribution in [0.5, 0.6) is 23.0 Å². The van der Waals surface area contributed by atoms with E-state index in [-0.39, 0.29) is 97.2 Å². The molecule has 23 nitrogen and oxygen atoms in total. The molecule has 0 radical (unpaired) electrons. The predicted molar refractivity (Wildman–Crippen MR) is 401 cm³/mol. The van der Waals surface area contributed by atoms with Crippen LogP contribution in [0.3, 0.4) is 0 Å². The number of benzene rings is 8. The number of rotatable bonds is 24. The molecule has 27 heteroatoms. The molecule has 0 unspecified atom stereocenters. The van der Waals surface area contributed by atoms with E-state index in [1.807, 2.05) is 42.5 Å². The summed E-state index contributed by atoms with van der Waals surface area (Å²) in [5.74, 6) is -0.155. The van der Waals surface area contributed by atoms with Crippen LogP contribution in [-0.4, -0.2) is 67.4 Å². The number of tetrazole rings is 1. The van der Waals surface area contributed by atoms with Crippen LogP contribution < -0.4 is 51.3 Å². The number of hydrogen-bond donors (Lipinski definition) is 4. The molecule has 14 rings (SSSR count). The normalized spacial score (nSPS) is 10.6. The third-order valence-corrected chi connectivity index (χ3v) is 16.6. The molecule has 4 amide bonds. The fraction of sp³-hybridized carbons (Fsp3) is 0.120. The number of halogens is 4. The first kappa shape index (κ1) is 76.7. The Morgan fingerprint density at radius 3 is 1.16 bits per heavy atom. The van der Waals surface area contributed by atoms with E-state index in [9.17, 15) is 46.3 Å². The van der Waals surface area contributed by atoms with Crippen molar-refractivity contribution in [2.24, 2.45) is 14.1 Å². The minimum atomic E-state index is -0.436. The van der Waals surface area contributed by atoms with Gasteiger partial charge in [0.1, 0.15) is 84.6 Å². The van der Waals surface area contributed by atoms with Crippen LogP contribution in [0.15, 0.2) is 283 Å². The maximum atomic E-state index is 13.7. The van der Waals surface area contributed by atoms with Gasteiger partial charge in [-0.3, -0.25) is 28.8 Å². The highest BCUT2D eigenvalue weighted by atomic mass is 19.1. The second-order valence-corrected chi connectivity index (χ2v) is 24.4. The lowest BCUT2D eigenvalue weighted by Gasteiger charge is -2.10. The Balaban J connectivity index is 0.000000145. The SMILES string of the molecule is Cn1ccc(C(=O)NCc2cccc(OCc3ccccc3F)c2)cc1=O.Cn1cccc(C(=O)NCc2cccc(OCc3ccccc3F)c2)c1=O.O=C(NCc1cccc(OCc2ccccc2F)c1)c1cccn2ncnc12.O=C(NCc1cccc(OCc2ccccc2F)c1)c1cccn2nnnc12. The molecule has 110 heavy (non-hydrogen) atoms. The Morgan fingerprint density at radius 1 is 0.373 bits per heavy atom. The minimum Gasteiger partial charge on any atom is -0.489 e. The maximum absolute atomic E-state index is 13.7. The maximum Gasteiger partial charge on any atom is 0.263 e. The van der Waals surface area contributed by atoms with E-state index in [1.54, 1.807) is 207 Å². The summed E-state index contributed by atoms with van der Waals surface area (Å²) in [4.78, 5) is 77.1. The molecule has 8 aromatic carbocycles. The molecular weight excluding hydrogens is 1410 g/mol. The molecule has 0 fully saturated rings. The molecular formula is C83H71F4N13O10. The zero-order chi connectivity index (χ0) is 77.1. The number of fused-ring (bicyclic) bond motifs is 2. The summed E-state index contributed by atoms with van der Waals surface area (Å²) >= 11 is 0. The van der Waals surface area contributed by atoms with Crippen molar-refractivity contribution in [3.05, 3.63) is 385 Å². The zero-order valence-electron chi connectivity index (χ0n) is 59.3. The monoisotopic (exact) mass is 1490 g/mol. The lowest BCUT2D eigenvalue weighted by Crippen LogP contribution is -2.31. The van der Waals surface area contributed by atoms with Crippen LogP contribution >= 0.6 is 0 Å². The topological polar surface area (TPSA) is 271 Å². The molecule has 0 aliphatic heterocycles. The highest BCUT2D eigenvalue weighted by Gasteiger charge is 2.17. The highest BCUT2D eigenvalue weighted by Crippen LogP contribution is 2.22. The Labute approximate surface area is 627 Å². The van der Waals surface area contributed by atoms with Gasteiger partial charge < -0.3 is 49.3 Å². The van der Waals surface area contributed by atoms with Gasteiger partial charge in [-0.25, -0.2) is 27.1 Å². The number of pyridine rings is 4. The van der Waals surface area contributed by atoms with Crippen molar-refractivity contribution in [2.45, 2.75) is 52.6 Å². The van der Waals surface area contributed by atoms with E-state index in [0.717, 1.165) is 22.3 Å². The Morgan fingerprint density at radius 2 is 0.745 bits per heavy atom. The van der Waals surface area contributed by atoms with Gasteiger partial charge in [0.2, 0.25) is 0 Å². The lowest BCUT2D eigenvalue weighted by atomic mass is 10.2. The number of aromatic nitrogens is 9. The van der Waals surface area contributed by atoms with Crippen molar-refractivity contribution < 1.29 is 55.7 Å². The van der Waals surface area contributed by atoms with E-state index in [4.69, 9.17) is 18.9 Å². The molecule has 6 aromatic heterocycles. The van der Waals surface area contributed by atoms with E-state index >= 15 is 0 Å². The number of hydrogen-bond acceptors (Lipinski definition) is 15. The largest absolute Gasteiger partial charge is 0.489 e. The summed E-state index contributed by atoms with van der Waals surface area (Å²) < 4.78 is 83.0. The van der Waals surface area contributed by atoms with E-state index in [1.165, 1.54) is 56.4 Å². The first-order valence-corrected chi connectivity index (χ1v) is 34.2. The number of ether oxygens (including phenoxy) is 4. The van der Waals surface area contributed by atoms with Crippen LogP contribution in [0.2, 0.25) is 0 Å². The fourth-order valence-corrected chi connectivity index (χ4v) is 10.6. The second-order valence-electron chi connectivity index (χ2n) is 24.4. The molecule has 0 saturated heterocycles. The Hall–Kier alpha value is -14.4. The molecule has 14 aromatic rings. The highest BCUT2D eigenvalue weighted by molar-refractivity contribution is 6.00. The first-order chi connectivity index (χ1) is 53.5. The zero-order valence-corrected chi connectivity index (χ0v) is 59.3. The van der Waals surface area contributed by atoms with Crippen molar-refractivity contribution in [3.8, 4) is 23.0 Å². The van der Waals surface area contributed by atoms with Gasteiger partial charge in [-0.05, 0) is 148 Å². The van der Waals surface area contributed by atoms with Crippen molar-refractivity contribution in [1.82, 2.24) is 65.0 Å². The summed E-state index contributed by atoms with van der Waals surface area (Å²) in [6.45, 7) is 1.65. The van der Waals surface area contributed by atoms with Gasteiger partial charge in [-0.1, -0.05) is 121 Å². The van der Waals surface area contributed by atoms with E-state index < -0.39 is 5.91 Å². The summed E-state index contributed by atoms with van der Waals surface area (Å²) in [6.07, 6.45) is 7.95. The predicted octanol–water partition coefficient (Wildman–Crippen LogP) is 12.2. The molecule has 0 saturated carbocycles. The van der Waals surface area contributed by atoms with Crippen LogP contribution in [0.4, 0.5) is 17.6 Å². The fourth-order valence-electron chi connectivity index (χ4n) is 10.6. The molecule has 4 N–H and O–H groups in total. The summed E-state index contributed by atoms with van der Waals surface area (Å²) in [5.41, 5.74) is 6.81. The summed E-state index contributed by atoms with van der Waals surface area (Å²) in [5, 5.41) is 26.4. The van der Waals surface area contributed by atoms with Crippen molar-refractivity contribution >= 4 is 34.9 Å². The van der Waals surface area contributed by atoms with Gasteiger partial charge in [0.15, 0.2) is 11.3 Å². The third kappa shape index (κ3) is 21.7. The van der Waals surface area contributed by atoms with E-state index in [0.29, 0.717) is 86.3 Å². The minimum absolute atomic E-state index is 0.0898. The molecule has 0 aliphatic carbocycles. The van der Waals surface area contributed by atoms with Gasteiger partial charge in [0.25, 0.3) is 34.7 Å². The molecule has 0 aliphatic rings. The van der Waals surface area contributed by atoms with Gasteiger partial charge in [-0.2, -0.15) is 9.61 Å². The smallest absolute Gasteiger partial charge is 0.263 e. The van der Waals surface area contributed by atoms with Gasteiger partial charge in [0.05, 0.1) is 11.1 Å². The molecule has 0 atom stereocenters. The number of carbonyl (C=O) groups excluding carboxylic acids is 4. The molecule has 0 spiro atoms. The quantitative estimate of drug-likeness (QED) is 0.0410. The average Bonchev–Trinajstić information content (AvgIpc) is 1.65. The van der Waals surface area contributed by atoms with Gasteiger partial charge in [0, 0.05) is 98.9 Å². The van der Waals surface area contributed by atoms with Crippen LogP contribution in [0.25, 0.3) is 11.3 Å². The van der Waals surface area contributed by atoms with Crippen LogP contribution in [0, 0.1) is 23.3 Å². The molecule has 556 valence electrons. The van der Waals surface area contributed by atoms with Crippen LogP contribution in [-0.2, 0) is 66.7 Å². The van der Waals surface area contributed by atoms with Crippen molar-refractivity contribution in [2.75, 3.05) is 0 Å². The standard InChI is InChI=1S/C21H17FN4O2.2C21H19FN2O3.C20H16FN5O2/c22-19-9-2-1-6-16(19)13-28-17-7-3-5-15(11-17)12-23-21(27)18-8-4-10-26-20(18)24-14-25-26;1-24-11-5-9-18(21(24)26)20(25)23-13-15-6-4-8-17(12-15)27-14-16-7-2-3-10-19(16)22;1-24-10-9-16(12-20(24)25)21(26)23-13-15-5-4-7-18(11-15)27-14-17-6-2-3-8-19(17)22;21-18-9-2-1-6-15(18)13-28-16-7-3-5-14(11-16)12-22-20(27)17-8-4-10-26-19(17)23-24-25-26/h1-11,14H,12-13H2,(H,23,27);2-12H,13-14H2,1H3,(H,23,25);2-12H,13-14H2,1H3,(H,23,26);1-11H,12-13H2,(H,22,27). The van der Waals surface area contributed by atoms with Crippen LogP contribution in [0.1, 0.15) is 85.9 Å². The van der Waals surface area contributed by atoms with E-state index in [2.05, 4.69) is 46.9 Å². The Kier molecular flexibility index (Phi) is 26.6. The summed E-state index contributed by atoms with van der Waals surface area (Å²) in [7, 11) is 3.21. The Bertz CT molecular complexity index is 5480. The average molecular weight is 1490 g/mol. The van der Waals surface area contributed by atoms with Gasteiger partial charge >= 0.3 is 0 Å². The number of nitrogens with zero attached hydrogens (tertiary/aromatic N) is 9. The number of aryl methyl sites for hydroxylation is 2. The van der Waals surface area contributed by atoms with Crippen molar-refractivity contribution in [1.29, 1.82) is 0 Å². The number of nitrogens with one attached hydrogen (secondary N) is 4. The van der Waals surface area contributed by atoms with Gasteiger partial charge in [-0.15, -0.1) is 5.10 Å². The number of amides is 4. The molecule has 0 bridgehead atoms. The number of carbonyl (C=O) groups is 4. The molecule has 6 heterocycles. The second kappa shape index (κ2) is 38.1. The third-order valence-electron chi connectivity index (χ3n) is 16.6. The summed E-state index contributed by atoms with van der Waals surface area (Å²) in [6, 6.07) is 67.7. The van der Waals surface area contributed by atoms with Crippen molar-refractivity contribution in [3.63, 3.8) is 0 Å².